The van der Waals surface area contributed by atoms with E-state index in [-0.39, 0.29) is 37.8 Å². The highest BCUT2D eigenvalue weighted by atomic mass is 19.1. The van der Waals surface area contributed by atoms with Gasteiger partial charge in [0.1, 0.15) is 18.1 Å². The van der Waals surface area contributed by atoms with E-state index >= 15 is 0 Å². The number of aromatic nitrogens is 2. The SMILES string of the molecule is Cc1nc2c(OCc3ccccc3F)cccn2c1C(=O)CC(CO)(CO)c1ccccc1. The third kappa shape index (κ3) is 4.37. The molecule has 0 radical (unpaired) electrons. The summed E-state index contributed by atoms with van der Waals surface area (Å²) in [5.41, 5.74) is 1.27. The van der Waals surface area contributed by atoms with Crippen LogP contribution in [0.2, 0.25) is 0 Å². The smallest absolute Gasteiger partial charge is 0.182 e. The molecule has 2 aromatic carbocycles. The summed E-state index contributed by atoms with van der Waals surface area (Å²) in [7, 11) is 0. The lowest BCUT2D eigenvalue weighted by Gasteiger charge is -2.29. The van der Waals surface area contributed by atoms with Gasteiger partial charge in [0.25, 0.3) is 0 Å². The van der Waals surface area contributed by atoms with E-state index < -0.39 is 5.41 Å². The molecule has 2 N–H and O–H groups in total. The number of aliphatic hydroxyl groups is 2. The fourth-order valence-corrected chi connectivity index (χ4v) is 4.00. The van der Waals surface area contributed by atoms with Gasteiger partial charge in [0.2, 0.25) is 0 Å². The van der Waals surface area contributed by atoms with Gasteiger partial charge in [-0.15, -0.1) is 0 Å². The number of carbonyl (C=O) groups excluding carboxylic acids is 1. The Labute approximate surface area is 190 Å². The van der Waals surface area contributed by atoms with Crippen LogP contribution in [-0.2, 0) is 12.0 Å². The molecular weight excluding hydrogens is 423 g/mol. The van der Waals surface area contributed by atoms with E-state index in [1.54, 1.807) is 72.1 Å². The first-order valence-corrected chi connectivity index (χ1v) is 10.6. The topological polar surface area (TPSA) is 84.1 Å². The second-order valence-corrected chi connectivity index (χ2v) is 8.05. The maximum Gasteiger partial charge on any atom is 0.182 e. The van der Waals surface area contributed by atoms with Crippen LogP contribution in [0.5, 0.6) is 5.75 Å². The maximum atomic E-state index is 14.0. The molecule has 4 aromatic rings. The number of nitrogens with zero attached hydrogens (tertiary/aromatic N) is 2. The number of hydrogen-bond donors (Lipinski definition) is 2. The van der Waals surface area contributed by atoms with Crippen molar-refractivity contribution in [2.24, 2.45) is 0 Å². The van der Waals surface area contributed by atoms with Crippen molar-refractivity contribution in [2.75, 3.05) is 13.2 Å². The first-order valence-electron chi connectivity index (χ1n) is 10.6. The summed E-state index contributed by atoms with van der Waals surface area (Å²) in [6.07, 6.45) is 1.61. The normalized spacial score (nSPS) is 11.6. The highest BCUT2D eigenvalue weighted by Crippen LogP contribution is 2.31. The van der Waals surface area contributed by atoms with E-state index in [2.05, 4.69) is 4.98 Å². The third-order valence-corrected chi connectivity index (χ3v) is 5.88. The van der Waals surface area contributed by atoms with Crippen LogP contribution < -0.4 is 4.74 Å². The van der Waals surface area contributed by atoms with Gasteiger partial charge in [0, 0.05) is 23.6 Å². The highest BCUT2D eigenvalue weighted by molar-refractivity contribution is 5.97. The van der Waals surface area contributed by atoms with E-state index in [0.717, 1.165) is 0 Å². The second-order valence-electron chi connectivity index (χ2n) is 8.05. The Kier molecular flexibility index (Phi) is 6.53. The predicted octanol–water partition coefficient (Wildman–Crippen LogP) is 3.86. The molecule has 7 heteroatoms. The lowest BCUT2D eigenvalue weighted by molar-refractivity contribution is 0.0782. The van der Waals surface area contributed by atoms with Gasteiger partial charge in [0.05, 0.1) is 18.9 Å². The van der Waals surface area contributed by atoms with Gasteiger partial charge in [0.15, 0.2) is 17.2 Å². The number of aliphatic hydroxyl groups excluding tert-OH is 2. The Hall–Kier alpha value is -3.55. The fraction of sp³-hybridized carbons (Fsp3) is 0.231. The number of halogens is 1. The standard InChI is InChI=1S/C26H25FN2O4/c1-18-24(22(32)14-26(16-30,17-31)20-9-3-2-4-10-20)29-13-7-12-23(25(29)28-18)33-15-19-8-5-6-11-21(19)27/h2-13,30-31H,14-17H2,1H3. The summed E-state index contributed by atoms with van der Waals surface area (Å²) in [4.78, 5) is 17.9. The monoisotopic (exact) mass is 448 g/mol. The van der Waals surface area contributed by atoms with E-state index in [0.29, 0.717) is 33.9 Å². The Balaban J connectivity index is 1.65. The largest absolute Gasteiger partial charge is 0.485 e. The van der Waals surface area contributed by atoms with Crippen molar-refractivity contribution >= 4 is 11.4 Å². The molecular formula is C26H25FN2O4. The molecule has 2 heterocycles. The number of carbonyl (C=O) groups is 1. The van der Waals surface area contributed by atoms with Gasteiger partial charge >= 0.3 is 0 Å². The molecule has 4 rings (SSSR count). The van der Waals surface area contributed by atoms with Crippen molar-refractivity contribution in [1.29, 1.82) is 0 Å². The average Bonchev–Trinajstić information content (AvgIpc) is 3.19. The van der Waals surface area contributed by atoms with E-state index in [9.17, 15) is 19.4 Å². The number of aryl methyl sites for hydroxylation is 1. The van der Waals surface area contributed by atoms with Gasteiger partial charge in [-0.3, -0.25) is 9.20 Å². The average molecular weight is 448 g/mol. The molecule has 0 atom stereocenters. The van der Waals surface area contributed by atoms with Crippen LogP contribution in [0.3, 0.4) is 0 Å². The first-order chi connectivity index (χ1) is 16.0. The maximum absolute atomic E-state index is 14.0. The van der Waals surface area contributed by atoms with Crippen LogP contribution in [0.15, 0.2) is 72.9 Å². The number of imidazole rings is 1. The zero-order valence-corrected chi connectivity index (χ0v) is 18.2. The zero-order valence-electron chi connectivity index (χ0n) is 18.2. The minimum atomic E-state index is -1.12. The molecule has 0 aliphatic carbocycles. The van der Waals surface area contributed by atoms with Crippen LogP contribution in [0.25, 0.3) is 5.65 Å². The predicted molar refractivity (Wildman–Crippen MR) is 122 cm³/mol. The lowest BCUT2D eigenvalue weighted by Crippen LogP contribution is -2.37. The van der Waals surface area contributed by atoms with Crippen LogP contribution in [0, 0.1) is 12.7 Å². The molecule has 0 aliphatic heterocycles. The highest BCUT2D eigenvalue weighted by Gasteiger charge is 2.35. The Morgan fingerprint density at radius 1 is 1.03 bits per heavy atom. The van der Waals surface area contributed by atoms with Gasteiger partial charge < -0.3 is 14.9 Å². The quantitative estimate of drug-likeness (QED) is 0.380. The van der Waals surface area contributed by atoms with Crippen LogP contribution in [0.4, 0.5) is 4.39 Å². The van der Waals surface area contributed by atoms with Crippen molar-refractivity contribution in [2.45, 2.75) is 25.4 Å². The first kappa shape index (κ1) is 22.6. The molecule has 170 valence electrons. The number of ether oxygens (including phenoxy) is 1. The molecule has 0 fully saturated rings. The van der Waals surface area contributed by atoms with Gasteiger partial charge in [-0.05, 0) is 30.7 Å². The molecule has 0 saturated carbocycles. The third-order valence-electron chi connectivity index (χ3n) is 5.88. The number of pyridine rings is 1. The summed E-state index contributed by atoms with van der Waals surface area (Å²) in [6, 6.07) is 18.8. The molecule has 0 spiro atoms. The van der Waals surface area contributed by atoms with E-state index in [4.69, 9.17) is 4.74 Å². The molecule has 33 heavy (non-hydrogen) atoms. The minimum absolute atomic E-state index is 0.0215. The van der Waals surface area contributed by atoms with Crippen molar-refractivity contribution in [1.82, 2.24) is 9.38 Å². The van der Waals surface area contributed by atoms with Gasteiger partial charge in [-0.25, -0.2) is 9.37 Å². The summed E-state index contributed by atoms with van der Waals surface area (Å²) in [5.74, 6) is -0.204. The second kappa shape index (κ2) is 9.52. The Bertz CT molecular complexity index is 1270. The van der Waals surface area contributed by atoms with Crippen LogP contribution in [0.1, 0.15) is 33.7 Å². The zero-order chi connectivity index (χ0) is 23.4. The van der Waals surface area contributed by atoms with Gasteiger partial charge in [-0.2, -0.15) is 0 Å². The minimum Gasteiger partial charge on any atom is -0.485 e. The van der Waals surface area contributed by atoms with Crippen molar-refractivity contribution in [3.05, 3.63) is 101 Å². The van der Waals surface area contributed by atoms with Crippen molar-refractivity contribution < 1.29 is 24.1 Å². The fourth-order valence-electron chi connectivity index (χ4n) is 4.00. The van der Waals surface area contributed by atoms with Crippen LogP contribution in [-0.4, -0.2) is 38.6 Å². The van der Waals surface area contributed by atoms with Crippen LogP contribution >= 0.6 is 0 Å². The number of benzene rings is 2. The molecule has 6 nitrogen and oxygen atoms in total. The van der Waals surface area contributed by atoms with E-state index in [1.807, 2.05) is 6.07 Å². The summed E-state index contributed by atoms with van der Waals surface area (Å²) in [6.45, 7) is 0.981. The van der Waals surface area contributed by atoms with Crippen molar-refractivity contribution in [3.8, 4) is 5.75 Å². The molecule has 0 aliphatic rings. The van der Waals surface area contributed by atoms with Gasteiger partial charge in [-0.1, -0.05) is 48.5 Å². The molecule has 0 saturated heterocycles. The van der Waals surface area contributed by atoms with Crippen molar-refractivity contribution in [3.63, 3.8) is 0 Å². The Morgan fingerprint density at radius 3 is 2.42 bits per heavy atom. The summed E-state index contributed by atoms with van der Waals surface area (Å²) < 4.78 is 21.4. The Morgan fingerprint density at radius 2 is 1.73 bits per heavy atom. The number of ketones is 1. The number of Topliss-reactive ketones (excluding diaryl/α,β-unsaturated/α-hetero) is 1. The number of fused-ring (bicyclic) bond motifs is 1. The summed E-state index contributed by atoms with van der Waals surface area (Å²) in [5, 5.41) is 20.2. The molecule has 0 bridgehead atoms. The molecule has 0 amide bonds. The summed E-state index contributed by atoms with van der Waals surface area (Å²) >= 11 is 0. The molecule has 2 aromatic heterocycles. The lowest BCUT2D eigenvalue weighted by atomic mass is 9.77. The van der Waals surface area contributed by atoms with E-state index in [1.165, 1.54) is 6.07 Å². The number of hydrogen-bond acceptors (Lipinski definition) is 5. The number of rotatable bonds is 9. The molecule has 0 unspecified atom stereocenters.